The zero-order valence-electron chi connectivity index (χ0n) is 14.4. The first-order valence-corrected chi connectivity index (χ1v) is 8.52. The summed E-state index contributed by atoms with van der Waals surface area (Å²) in [6.07, 6.45) is 5.87. The maximum atomic E-state index is 12.6. The predicted molar refractivity (Wildman–Crippen MR) is 90.4 cm³/mol. The van der Waals surface area contributed by atoms with E-state index in [1.807, 2.05) is 32.0 Å². The minimum Gasteiger partial charge on any atom is -0.452 e. The molecule has 0 N–H and O–H groups in total. The van der Waals surface area contributed by atoms with Gasteiger partial charge in [0.15, 0.2) is 0 Å². The van der Waals surface area contributed by atoms with Crippen LogP contribution in [0.25, 0.3) is 0 Å². The predicted octanol–water partition coefficient (Wildman–Crippen LogP) is 4.28. The Balaban J connectivity index is 2.18. The van der Waals surface area contributed by atoms with Gasteiger partial charge in [-0.25, -0.2) is 9.69 Å². The van der Waals surface area contributed by atoms with Crippen LogP contribution in [0.1, 0.15) is 63.0 Å². The molecule has 0 saturated heterocycles. The van der Waals surface area contributed by atoms with Crippen LogP contribution < -0.4 is 0 Å². The lowest BCUT2D eigenvalue weighted by Gasteiger charge is -2.26. The van der Waals surface area contributed by atoms with Gasteiger partial charge < -0.3 is 4.74 Å². The van der Waals surface area contributed by atoms with Crippen molar-refractivity contribution < 1.29 is 14.3 Å². The minimum absolute atomic E-state index is 0.199. The van der Waals surface area contributed by atoms with Crippen LogP contribution in [-0.4, -0.2) is 30.1 Å². The molecule has 2 amide bonds. The number of carbonyl (C=O) groups excluding carboxylic acids is 2. The highest BCUT2D eigenvalue weighted by Gasteiger charge is 2.27. The van der Waals surface area contributed by atoms with Crippen molar-refractivity contribution in [3.8, 4) is 0 Å². The molecule has 23 heavy (non-hydrogen) atoms. The number of amides is 2. The van der Waals surface area contributed by atoms with E-state index in [4.69, 9.17) is 4.74 Å². The van der Waals surface area contributed by atoms with E-state index in [1.165, 1.54) is 49.7 Å². The summed E-state index contributed by atoms with van der Waals surface area (Å²) >= 11 is 0. The standard InChI is InChI=1S/C19H27NO3/c1-14(2)20(19(22)23-3)18(21)13-16-11-7-8-12-17(16)15-9-5-4-6-10-15/h7-8,11-12,14-15H,4-6,9-10,13H2,1-3H3. The van der Waals surface area contributed by atoms with Crippen molar-refractivity contribution in [2.45, 2.75) is 64.3 Å². The van der Waals surface area contributed by atoms with Crippen molar-refractivity contribution in [2.75, 3.05) is 7.11 Å². The Labute approximate surface area is 138 Å². The van der Waals surface area contributed by atoms with Crippen molar-refractivity contribution in [3.05, 3.63) is 35.4 Å². The molecule has 1 saturated carbocycles. The molecule has 126 valence electrons. The molecule has 0 heterocycles. The molecule has 1 aromatic carbocycles. The van der Waals surface area contributed by atoms with Gasteiger partial charge in [0.1, 0.15) is 0 Å². The number of benzene rings is 1. The molecular formula is C19H27NO3. The van der Waals surface area contributed by atoms with Crippen molar-refractivity contribution >= 4 is 12.0 Å². The smallest absolute Gasteiger partial charge is 0.416 e. The first kappa shape index (κ1) is 17.5. The Kier molecular flexibility index (Phi) is 6.20. The second-order valence-electron chi connectivity index (χ2n) is 6.54. The van der Waals surface area contributed by atoms with Crippen molar-refractivity contribution in [1.82, 2.24) is 4.90 Å². The highest BCUT2D eigenvalue weighted by Crippen LogP contribution is 2.34. The van der Waals surface area contributed by atoms with Gasteiger partial charge in [0, 0.05) is 6.04 Å². The number of carbonyl (C=O) groups is 2. The summed E-state index contributed by atoms with van der Waals surface area (Å²) in [4.78, 5) is 25.7. The molecule has 1 aliphatic rings. The topological polar surface area (TPSA) is 46.6 Å². The fraction of sp³-hybridized carbons (Fsp3) is 0.579. The number of hydrogen-bond acceptors (Lipinski definition) is 3. The van der Waals surface area contributed by atoms with Gasteiger partial charge in [-0.15, -0.1) is 0 Å². The van der Waals surface area contributed by atoms with E-state index in [0.29, 0.717) is 5.92 Å². The van der Waals surface area contributed by atoms with Crippen LogP contribution in [0.2, 0.25) is 0 Å². The van der Waals surface area contributed by atoms with Gasteiger partial charge in [-0.3, -0.25) is 4.79 Å². The number of hydrogen-bond donors (Lipinski definition) is 0. The second kappa shape index (κ2) is 8.14. The van der Waals surface area contributed by atoms with Crippen molar-refractivity contribution in [3.63, 3.8) is 0 Å². The Morgan fingerprint density at radius 1 is 1.17 bits per heavy atom. The highest BCUT2D eigenvalue weighted by atomic mass is 16.5. The van der Waals surface area contributed by atoms with Crippen LogP contribution in [0.3, 0.4) is 0 Å². The molecule has 2 rings (SSSR count). The first-order valence-electron chi connectivity index (χ1n) is 8.52. The molecule has 1 aromatic rings. The quantitative estimate of drug-likeness (QED) is 0.832. The van der Waals surface area contributed by atoms with Gasteiger partial charge in [0.2, 0.25) is 5.91 Å². The number of rotatable bonds is 4. The molecule has 0 atom stereocenters. The van der Waals surface area contributed by atoms with Crippen LogP contribution in [0, 0.1) is 0 Å². The number of methoxy groups -OCH3 is 1. The molecule has 0 radical (unpaired) electrons. The van der Waals surface area contributed by atoms with Crippen LogP contribution >= 0.6 is 0 Å². The van der Waals surface area contributed by atoms with E-state index >= 15 is 0 Å². The van der Waals surface area contributed by atoms with Gasteiger partial charge >= 0.3 is 6.09 Å². The zero-order chi connectivity index (χ0) is 16.8. The van der Waals surface area contributed by atoms with Crippen LogP contribution in [0.4, 0.5) is 4.79 Å². The summed E-state index contributed by atoms with van der Waals surface area (Å²) in [5.74, 6) is 0.341. The Bertz CT molecular complexity index is 547. The monoisotopic (exact) mass is 317 g/mol. The average molecular weight is 317 g/mol. The lowest BCUT2D eigenvalue weighted by molar-refractivity contribution is -0.130. The first-order chi connectivity index (χ1) is 11.0. The third kappa shape index (κ3) is 4.34. The van der Waals surface area contributed by atoms with Gasteiger partial charge in [-0.2, -0.15) is 0 Å². The SMILES string of the molecule is COC(=O)N(C(=O)Cc1ccccc1C1CCCCC1)C(C)C. The Morgan fingerprint density at radius 2 is 1.83 bits per heavy atom. The number of ether oxygens (including phenoxy) is 1. The van der Waals surface area contributed by atoms with E-state index < -0.39 is 6.09 Å². The Morgan fingerprint density at radius 3 is 2.43 bits per heavy atom. The zero-order valence-corrected chi connectivity index (χ0v) is 14.4. The highest BCUT2D eigenvalue weighted by molar-refractivity contribution is 5.93. The lowest BCUT2D eigenvalue weighted by atomic mass is 9.81. The summed E-state index contributed by atoms with van der Waals surface area (Å²) in [6, 6.07) is 7.94. The molecular weight excluding hydrogens is 290 g/mol. The third-order valence-corrected chi connectivity index (χ3v) is 4.60. The summed E-state index contributed by atoms with van der Waals surface area (Å²) in [5.41, 5.74) is 2.31. The van der Waals surface area contributed by atoms with Gasteiger partial charge in [0.25, 0.3) is 0 Å². The lowest BCUT2D eigenvalue weighted by Crippen LogP contribution is -2.42. The van der Waals surface area contributed by atoms with Crippen molar-refractivity contribution in [1.29, 1.82) is 0 Å². The molecule has 0 spiro atoms. The summed E-state index contributed by atoms with van der Waals surface area (Å²) < 4.78 is 4.75. The fourth-order valence-electron chi connectivity index (χ4n) is 3.45. The summed E-state index contributed by atoms with van der Waals surface area (Å²) in [6.45, 7) is 3.64. The largest absolute Gasteiger partial charge is 0.452 e. The maximum Gasteiger partial charge on any atom is 0.416 e. The molecule has 4 nitrogen and oxygen atoms in total. The number of nitrogens with zero attached hydrogens (tertiary/aromatic N) is 1. The average Bonchev–Trinajstić information content (AvgIpc) is 2.55. The molecule has 0 unspecified atom stereocenters. The molecule has 1 fully saturated rings. The van der Waals surface area contributed by atoms with Gasteiger partial charge in [-0.05, 0) is 43.7 Å². The number of imide groups is 1. The summed E-state index contributed by atoms with van der Waals surface area (Å²) in [7, 11) is 1.31. The normalized spacial score (nSPS) is 15.5. The fourth-order valence-corrected chi connectivity index (χ4v) is 3.45. The van der Waals surface area contributed by atoms with E-state index in [-0.39, 0.29) is 18.4 Å². The molecule has 1 aliphatic carbocycles. The van der Waals surface area contributed by atoms with Crippen LogP contribution in [-0.2, 0) is 16.0 Å². The Hall–Kier alpha value is -1.84. The maximum absolute atomic E-state index is 12.6. The molecule has 0 aromatic heterocycles. The third-order valence-electron chi connectivity index (χ3n) is 4.60. The van der Waals surface area contributed by atoms with Gasteiger partial charge in [0.05, 0.1) is 13.5 Å². The second-order valence-corrected chi connectivity index (χ2v) is 6.54. The molecule has 0 bridgehead atoms. The summed E-state index contributed by atoms with van der Waals surface area (Å²) in [5, 5.41) is 0. The van der Waals surface area contributed by atoms with E-state index in [2.05, 4.69) is 6.07 Å². The van der Waals surface area contributed by atoms with Crippen molar-refractivity contribution in [2.24, 2.45) is 0 Å². The van der Waals surface area contributed by atoms with E-state index in [0.717, 1.165) is 5.56 Å². The van der Waals surface area contributed by atoms with E-state index in [1.54, 1.807) is 0 Å². The minimum atomic E-state index is -0.583. The van der Waals surface area contributed by atoms with Crippen LogP contribution in [0.15, 0.2) is 24.3 Å². The molecule has 0 aliphatic heterocycles. The molecule has 4 heteroatoms. The van der Waals surface area contributed by atoms with Gasteiger partial charge in [-0.1, -0.05) is 43.5 Å². The van der Waals surface area contributed by atoms with E-state index in [9.17, 15) is 9.59 Å². The van der Waals surface area contributed by atoms with Crippen LogP contribution in [0.5, 0.6) is 0 Å².